The molecule has 4 rings (SSSR count). The van der Waals surface area contributed by atoms with E-state index >= 15 is 0 Å². The van der Waals surface area contributed by atoms with E-state index in [9.17, 15) is 4.79 Å². The van der Waals surface area contributed by atoms with Crippen molar-refractivity contribution >= 4 is 11.0 Å². The monoisotopic (exact) mass is 344 g/mol. The molecule has 0 saturated carbocycles. The van der Waals surface area contributed by atoms with Crippen LogP contribution in [-0.2, 0) is 6.54 Å². The minimum atomic E-state index is -0.0781. The summed E-state index contributed by atoms with van der Waals surface area (Å²) >= 11 is 0. The first-order valence-electron chi connectivity index (χ1n) is 8.59. The number of fused-ring (bicyclic) bond motifs is 1. The van der Waals surface area contributed by atoms with E-state index in [1.807, 2.05) is 37.3 Å². The van der Waals surface area contributed by atoms with E-state index in [0.29, 0.717) is 17.6 Å². The van der Waals surface area contributed by atoms with Crippen molar-refractivity contribution < 1.29 is 0 Å². The van der Waals surface area contributed by atoms with Gasteiger partial charge in [-0.2, -0.15) is 5.10 Å². The molecule has 0 N–H and O–H groups in total. The van der Waals surface area contributed by atoms with Crippen LogP contribution in [0.3, 0.4) is 0 Å². The van der Waals surface area contributed by atoms with Crippen molar-refractivity contribution in [3.63, 3.8) is 0 Å². The number of aryl methyl sites for hydroxylation is 3. The summed E-state index contributed by atoms with van der Waals surface area (Å²) in [6.45, 7) is 6.68. The molecule has 0 aliphatic carbocycles. The smallest absolute Gasteiger partial charge is 0.264 e. The Hall–Kier alpha value is -3.21. The second-order valence-corrected chi connectivity index (χ2v) is 6.73. The zero-order chi connectivity index (χ0) is 18.3. The van der Waals surface area contributed by atoms with Gasteiger partial charge in [-0.1, -0.05) is 35.9 Å². The summed E-state index contributed by atoms with van der Waals surface area (Å²) < 4.78 is 3.35. The van der Waals surface area contributed by atoms with Gasteiger partial charge in [0.2, 0.25) is 0 Å². The van der Waals surface area contributed by atoms with Gasteiger partial charge in [0.15, 0.2) is 5.65 Å². The van der Waals surface area contributed by atoms with Crippen LogP contribution >= 0.6 is 0 Å². The second-order valence-electron chi connectivity index (χ2n) is 6.73. The third kappa shape index (κ3) is 2.81. The SMILES string of the molecule is Cc1ccc(Cn2cnc3c(cnn3-c3ccc(C)c(C)c3)c2=O)cc1. The third-order valence-corrected chi connectivity index (χ3v) is 4.76. The number of nitrogens with zero attached hydrogens (tertiary/aromatic N) is 4. The lowest BCUT2D eigenvalue weighted by Crippen LogP contribution is -2.21. The van der Waals surface area contributed by atoms with Crippen LogP contribution in [0.1, 0.15) is 22.3 Å². The summed E-state index contributed by atoms with van der Waals surface area (Å²) in [6, 6.07) is 14.3. The summed E-state index contributed by atoms with van der Waals surface area (Å²) in [5.41, 5.74) is 6.08. The van der Waals surface area contributed by atoms with E-state index in [-0.39, 0.29) is 5.56 Å². The molecule has 4 aromatic rings. The topological polar surface area (TPSA) is 52.7 Å². The molecule has 0 atom stereocenters. The molecular formula is C21H20N4O. The van der Waals surface area contributed by atoms with Gasteiger partial charge in [-0.25, -0.2) is 9.67 Å². The fourth-order valence-electron chi connectivity index (χ4n) is 3.00. The molecule has 2 heterocycles. The van der Waals surface area contributed by atoms with Crippen molar-refractivity contribution in [2.24, 2.45) is 0 Å². The summed E-state index contributed by atoms with van der Waals surface area (Å²) in [7, 11) is 0. The van der Waals surface area contributed by atoms with Crippen molar-refractivity contribution in [3.8, 4) is 5.69 Å². The lowest BCUT2D eigenvalue weighted by Gasteiger charge is -2.08. The molecule has 0 radical (unpaired) electrons. The van der Waals surface area contributed by atoms with Gasteiger partial charge in [0, 0.05) is 0 Å². The van der Waals surface area contributed by atoms with Crippen LogP contribution in [0, 0.1) is 20.8 Å². The Morgan fingerprint density at radius 3 is 2.46 bits per heavy atom. The highest BCUT2D eigenvalue weighted by atomic mass is 16.1. The Balaban J connectivity index is 1.76. The van der Waals surface area contributed by atoms with E-state index in [0.717, 1.165) is 11.3 Å². The molecule has 0 aliphatic heterocycles. The summed E-state index contributed by atoms with van der Waals surface area (Å²) in [6.07, 6.45) is 3.20. The van der Waals surface area contributed by atoms with Gasteiger partial charge < -0.3 is 0 Å². The fraction of sp³-hybridized carbons (Fsp3) is 0.190. The van der Waals surface area contributed by atoms with Crippen molar-refractivity contribution in [3.05, 3.63) is 87.6 Å². The predicted octanol–water partition coefficient (Wildman–Crippen LogP) is 3.56. The van der Waals surface area contributed by atoms with Crippen molar-refractivity contribution in [2.45, 2.75) is 27.3 Å². The molecule has 2 aromatic carbocycles. The van der Waals surface area contributed by atoms with Crippen LogP contribution in [0.15, 0.2) is 59.8 Å². The fourth-order valence-corrected chi connectivity index (χ4v) is 3.00. The molecule has 0 amide bonds. The number of hydrogen-bond acceptors (Lipinski definition) is 3. The van der Waals surface area contributed by atoms with Crippen molar-refractivity contribution in [1.29, 1.82) is 0 Å². The molecule has 5 heteroatoms. The van der Waals surface area contributed by atoms with Crippen LogP contribution in [-0.4, -0.2) is 19.3 Å². The van der Waals surface area contributed by atoms with E-state index in [2.05, 4.69) is 36.1 Å². The molecule has 26 heavy (non-hydrogen) atoms. The quantitative estimate of drug-likeness (QED) is 0.571. The molecule has 0 saturated heterocycles. The van der Waals surface area contributed by atoms with E-state index in [1.165, 1.54) is 16.7 Å². The molecule has 0 spiro atoms. The first-order chi connectivity index (χ1) is 12.5. The molecule has 0 bridgehead atoms. The molecular weight excluding hydrogens is 324 g/mol. The van der Waals surface area contributed by atoms with Gasteiger partial charge in [0.1, 0.15) is 11.7 Å². The minimum Gasteiger partial charge on any atom is -0.294 e. The third-order valence-electron chi connectivity index (χ3n) is 4.76. The van der Waals surface area contributed by atoms with Crippen LogP contribution in [0.4, 0.5) is 0 Å². The zero-order valence-corrected chi connectivity index (χ0v) is 15.1. The van der Waals surface area contributed by atoms with Gasteiger partial charge in [0.25, 0.3) is 5.56 Å². The van der Waals surface area contributed by atoms with Gasteiger partial charge in [-0.05, 0) is 49.6 Å². The summed E-state index contributed by atoms with van der Waals surface area (Å²) in [5.74, 6) is 0. The predicted molar refractivity (Wildman–Crippen MR) is 103 cm³/mol. The van der Waals surface area contributed by atoms with E-state index in [1.54, 1.807) is 21.8 Å². The second kappa shape index (κ2) is 6.26. The van der Waals surface area contributed by atoms with Gasteiger partial charge >= 0.3 is 0 Å². The average molecular weight is 344 g/mol. The molecule has 0 aliphatic rings. The Morgan fingerprint density at radius 2 is 1.73 bits per heavy atom. The van der Waals surface area contributed by atoms with Gasteiger partial charge in [-0.15, -0.1) is 0 Å². The number of rotatable bonds is 3. The molecule has 130 valence electrons. The Kier molecular flexibility index (Phi) is 3.92. The summed E-state index contributed by atoms with van der Waals surface area (Å²) in [4.78, 5) is 17.3. The Labute approximate surface area is 151 Å². The van der Waals surface area contributed by atoms with Crippen molar-refractivity contribution in [1.82, 2.24) is 19.3 Å². The van der Waals surface area contributed by atoms with E-state index < -0.39 is 0 Å². The van der Waals surface area contributed by atoms with Crippen LogP contribution in [0.5, 0.6) is 0 Å². The number of hydrogen-bond donors (Lipinski definition) is 0. The molecule has 2 aromatic heterocycles. The Morgan fingerprint density at radius 1 is 0.962 bits per heavy atom. The van der Waals surface area contributed by atoms with Crippen LogP contribution in [0.25, 0.3) is 16.7 Å². The molecule has 0 fully saturated rings. The lowest BCUT2D eigenvalue weighted by atomic mass is 10.1. The average Bonchev–Trinajstić information content (AvgIpc) is 3.06. The van der Waals surface area contributed by atoms with Crippen molar-refractivity contribution in [2.75, 3.05) is 0 Å². The largest absolute Gasteiger partial charge is 0.294 e. The normalized spacial score (nSPS) is 11.2. The maximum Gasteiger partial charge on any atom is 0.264 e. The minimum absolute atomic E-state index is 0.0781. The van der Waals surface area contributed by atoms with E-state index in [4.69, 9.17) is 0 Å². The molecule has 5 nitrogen and oxygen atoms in total. The van der Waals surface area contributed by atoms with Crippen LogP contribution in [0.2, 0.25) is 0 Å². The van der Waals surface area contributed by atoms with Crippen LogP contribution < -0.4 is 5.56 Å². The zero-order valence-electron chi connectivity index (χ0n) is 15.1. The first-order valence-corrected chi connectivity index (χ1v) is 8.59. The highest BCUT2D eigenvalue weighted by molar-refractivity contribution is 5.75. The highest BCUT2D eigenvalue weighted by Gasteiger charge is 2.12. The standard InChI is InChI=1S/C21H20N4O/c1-14-4-7-17(8-5-14)12-24-13-22-20-19(21(24)26)11-23-25(20)18-9-6-15(2)16(3)10-18/h4-11,13H,12H2,1-3H3. The number of aromatic nitrogens is 4. The summed E-state index contributed by atoms with van der Waals surface area (Å²) in [5, 5.41) is 4.92. The van der Waals surface area contributed by atoms with Gasteiger partial charge in [-0.3, -0.25) is 9.36 Å². The maximum atomic E-state index is 12.8. The Bertz CT molecular complexity index is 1150. The van der Waals surface area contributed by atoms with Gasteiger partial charge in [0.05, 0.1) is 18.4 Å². The number of benzene rings is 2. The first kappa shape index (κ1) is 16.3. The maximum absolute atomic E-state index is 12.8. The lowest BCUT2D eigenvalue weighted by molar-refractivity contribution is 0.745. The highest BCUT2D eigenvalue weighted by Crippen LogP contribution is 2.17. The molecule has 0 unspecified atom stereocenters.